The first-order valence-electron chi connectivity index (χ1n) is 12.2. The van der Waals surface area contributed by atoms with Gasteiger partial charge in [-0.1, -0.05) is 0 Å². The number of ether oxygens (including phenoxy) is 9. The van der Waals surface area contributed by atoms with Gasteiger partial charge < -0.3 is 47.5 Å². The first kappa shape index (κ1) is 30.6. The largest absolute Gasteiger partial charge is 0.378 e. The van der Waals surface area contributed by atoms with E-state index in [1.165, 1.54) is 6.42 Å². The Morgan fingerprint density at radius 3 is 1.30 bits per heavy atom. The molecule has 1 fully saturated rings. The lowest BCUT2D eigenvalue weighted by Crippen LogP contribution is -2.24. The number of hydrogen-bond acceptors (Lipinski definition) is 10. The average Bonchev–Trinajstić information content (AvgIpc) is 2.82. The van der Waals surface area contributed by atoms with Crippen molar-refractivity contribution in [2.75, 3.05) is 126 Å². The zero-order chi connectivity index (χ0) is 23.7. The Hall–Kier alpha value is -0.400. The summed E-state index contributed by atoms with van der Waals surface area (Å²) in [7, 11) is 4.05. The number of likely N-dealkylation sites (N-methyl/N-ethyl adjacent to an activating group) is 1. The van der Waals surface area contributed by atoms with Crippen molar-refractivity contribution in [2.24, 2.45) is 0 Å². The van der Waals surface area contributed by atoms with Crippen LogP contribution in [-0.4, -0.2) is 138 Å². The first-order chi connectivity index (χ1) is 16.3. The van der Waals surface area contributed by atoms with E-state index in [4.69, 9.17) is 42.6 Å². The minimum atomic E-state index is -0.0549. The SMILES string of the molecule is CN(C)CCOCCOCCOCCOCCOCCOCCOCCOC1CCCCO1. The van der Waals surface area contributed by atoms with Gasteiger partial charge in [-0.3, -0.25) is 0 Å². The number of rotatable bonds is 25. The third-order valence-electron chi connectivity index (χ3n) is 4.58. The van der Waals surface area contributed by atoms with Gasteiger partial charge >= 0.3 is 0 Å². The topological polar surface area (TPSA) is 86.3 Å². The van der Waals surface area contributed by atoms with Crippen LogP contribution in [0.1, 0.15) is 19.3 Å². The van der Waals surface area contributed by atoms with E-state index in [9.17, 15) is 0 Å². The molecule has 0 amide bonds. The zero-order valence-electron chi connectivity index (χ0n) is 20.8. The van der Waals surface area contributed by atoms with Gasteiger partial charge in [-0.25, -0.2) is 0 Å². The molecule has 0 saturated carbocycles. The molecule has 1 unspecified atom stereocenters. The standard InChI is InChI=1S/C23H47NO9/c1-24(2)6-8-25-9-10-26-11-12-27-13-14-28-15-16-29-17-18-30-19-20-31-21-22-33-23-5-3-4-7-32-23/h23H,3-22H2,1-2H3. The highest BCUT2D eigenvalue weighted by Gasteiger charge is 2.13. The summed E-state index contributed by atoms with van der Waals surface area (Å²) in [6.07, 6.45) is 3.23. The maximum Gasteiger partial charge on any atom is 0.157 e. The molecule has 0 aromatic rings. The van der Waals surface area contributed by atoms with Crippen molar-refractivity contribution in [2.45, 2.75) is 25.6 Å². The lowest BCUT2D eigenvalue weighted by molar-refractivity contribution is -0.169. The van der Waals surface area contributed by atoms with E-state index < -0.39 is 0 Å². The minimum absolute atomic E-state index is 0.0549. The summed E-state index contributed by atoms with van der Waals surface area (Å²) < 4.78 is 49.3. The quantitative estimate of drug-likeness (QED) is 0.177. The summed E-state index contributed by atoms with van der Waals surface area (Å²) in [5.74, 6) is 0. The fourth-order valence-corrected chi connectivity index (χ4v) is 2.75. The molecule has 1 heterocycles. The van der Waals surface area contributed by atoms with Crippen LogP contribution in [0, 0.1) is 0 Å². The maximum absolute atomic E-state index is 5.59. The molecule has 0 radical (unpaired) electrons. The van der Waals surface area contributed by atoms with Crippen molar-refractivity contribution in [3.63, 3.8) is 0 Å². The van der Waals surface area contributed by atoms with E-state index in [0.717, 1.165) is 32.6 Å². The Morgan fingerprint density at radius 1 is 0.545 bits per heavy atom. The summed E-state index contributed by atoms with van der Waals surface area (Å²) in [4.78, 5) is 2.09. The molecule has 0 N–H and O–H groups in total. The van der Waals surface area contributed by atoms with Gasteiger partial charge in [-0.15, -0.1) is 0 Å². The Bertz CT molecular complexity index is 385. The van der Waals surface area contributed by atoms with Crippen molar-refractivity contribution >= 4 is 0 Å². The summed E-state index contributed by atoms with van der Waals surface area (Å²) in [5, 5.41) is 0. The molecule has 1 saturated heterocycles. The minimum Gasteiger partial charge on any atom is -0.378 e. The van der Waals surface area contributed by atoms with Crippen molar-refractivity contribution in [3.05, 3.63) is 0 Å². The van der Waals surface area contributed by atoms with E-state index in [-0.39, 0.29) is 6.29 Å². The molecule has 198 valence electrons. The highest BCUT2D eigenvalue weighted by atomic mass is 16.7. The summed E-state index contributed by atoms with van der Waals surface area (Å²) in [5.41, 5.74) is 0. The van der Waals surface area contributed by atoms with E-state index in [1.807, 2.05) is 14.1 Å². The second-order valence-corrected chi connectivity index (χ2v) is 7.76. The molecular formula is C23H47NO9. The Kier molecular flexibility index (Phi) is 22.9. The number of nitrogens with zero attached hydrogens (tertiary/aromatic N) is 1. The maximum atomic E-state index is 5.59. The molecule has 0 aromatic heterocycles. The van der Waals surface area contributed by atoms with Crippen molar-refractivity contribution in [1.29, 1.82) is 0 Å². The van der Waals surface area contributed by atoms with Crippen LogP contribution in [0.4, 0.5) is 0 Å². The van der Waals surface area contributed by atoms with Crippen LogP contribution in [0.5, 0.6) is 0 Å². The highest BCUT2D eigenvalue weighted by Crippen LogP contribution is 2.13. The normalized spacial score (nSPS) is 16.6. The first-order valence-corrected chi connectivity index (χ1v) is 12.2. The summed E-state index contributed by atoms with van der Waals surface area (Å²) >= 11 is 0. The van der Waals surface area contributed by atoms with Gasteiger partial charge in [-0.2, -0.15) is 0 Å². The molecular weight excluding hydrogens is 434 g/mol. The predicted octanol–water partition coefficient (Wildman–Crippen LogP) is 1.21. The van der Waals surface area contributed by atoms with Gasteiger partial charge in [-0.05, 0) is 33.4 Å². The fourth-order valence-electron chi connectivity index (χ4n) is 2.75. The van der Waals surface area contributed by atoms with E-state index in [1.54, 1.807) is 0 Å². The molecule has 1 atom stereocenters. The zero-order valence-corrected chi connectivity index (χ0v) is 20.8. The Labute approximate surface area is 200 Å². The molecule has 10 heteroatoms. The van der Waals surface area contributed by atoms with Gasteiger partial charge in [0.15, 0.2) is 6.29 Å². The second kappa shape index (κ2) is 24.7. The van der Waals surface area contributed by atoms with Gasteiger partial charge in [0.05, 0.1) is 99.1 Å². The van der Waals surface area contributed by atoms with Crippen LogP contribution in [0.3, 0.4) is 0 Å². The molecule has 0 aromatic carbocycles. The highest BCUT2D eigenvalue weighted by molar-refractivity contribution is 4.53. The van der Waals surface area contributed by atoms with Crippen LogP contribution in [0.15, 0.2) is 0 Å². The van der Waals surface area contributed by atoms with E-state index in [2.05, 4.69) is 4.90 Å². The Morgan fingerprint density at radius 2 is 0.939 bits per heavy atom. The van der Waals surface area contributed by atoms with Gasteiger partial charge in [0, 0.05) is 13.2 Å². The van der Waals surface area contributed by atoms with Gasteiger partial charge in [0.1, 0.15) is 0 Å². The lowest BCUT2D eigenvalue weighted by Gasteiger charge is -2.22. The lowest BCUT2D eigenvalue weighted by atomic mass is 10.2. The second-order valence-electron chi connectivity index (χ2n) is 7.76. The molecule has 0 bridgehead atoms. The third-order valence-corrected chi connectivity index (χ3v) is 4.58. The van der Waals surface area contributed by atoms with Crippen LogP contribution in [-0.2, 0) is 42.6 Å². The molecule has 0 aliphatic carbocycles. The molecule has 0 spiro atoms. The van der Waals surface area contributed by atoms with Gasteiger partial charge in [0.2, 0.25) is 0 Å². The average molecular weight is 482 g/mol. The van der Waals surface area contributed by atoms with Crippen LogP contribution >= 0.6 is 0 Å². The monoisotopic (exact) mass is 481 g/mol. The number of hydrogen-bond donors (Lipinski definition) is 0. The van der Waals surface area contributed by atoms with E-state index in [0.29, 0.717) is 92.5 Å². The smallest absolute Gasteiger partial charge is 0.157 e. The summed E-state index contributed by atoms with van der Waals surface area (Å²) in [6.45, 7) is 10.2. The van der Waals surface area contributed by atoms with Crippen LogP contribution in [0.2, 0.25) is 0 Å². The molecule has 10 nitrogen and oxygen atoms in total. The third kappa shape index (κ3) is 23.1. The molecule has 1 aliphatic heterocycles. The molecule has 33 heavy (non-hydrogen) atoms. The Balaban J connectivity index is 1.62. The molecule has 1 rings (SSSR count). The van der Waals surface area contributed by atoms with Gasteiger partial charge in [0.25, 0.3) is 0 Å². The molecule has 1 aliphatic rings. The van der Waals surface area contributed by atoms with Crippen LogP contribution in [0.25, 0.3) is 0 Å². The van der Waals surface area contributed by atoms with Crippen molar-refractivity contribution in [3.8, 4) is 0 Å². The van der Waals surface area contributed by atoms with Crippen LogP contribution < -0.4 is 0 Å². The fraction of sp³-hybridized carbons (Fsp3) is 1.00. The van der Waals surface area contributed by atoms with E-state index >= 15 is 0 Å². The van der Waals surface area contributed by atoms with Crippen molar-refractivity contribution in [1.82, 2.24) is 4.90 Å². The predicted molar refractivity (Wildman–Crippen MR) is 124 cm³/mol. The summed E-state index contributed by atoms with van der Waals surface area (Å²) in [6, 6.07) is 0. The van der Waals surface area contributed by atoms with Crippen molar-refractivity contribution < 1.29 is 42.6 Å².